The topological polar surface area (TPSA) is 211 Å². The fourth-order valence-corrected chi connectivity index (χ4v) is 3.17. The number of carboxylic acid groups (broad SMARTS) is 2. The van der Waals surface area contributed by atoms with Crippen molar-refractivity contribution >= 4 is 41.1 Å². The Morgan fingerprint density at radius 3 is 2.62 bits per heavy atom. The summed E-state index contributed by atoms with van der Waals surface area (Å²) < 4.78 is 5.03. The molecule has 2 aromatic heterocycles. The van der Waals surface area contributed by atoms with Gasteiger partial charge in [-0.3, -0.25) is 14.6 Å². The summed E-state index contributed by atoms with van der Waals surface area (Å²) in [5.74, 6) is -2.57. The fourth-order valence-electron chi connectivity index (χ4n) is 2.37. The van der Waals surface area contributed by atoms with Crippen LogP contribution in [0.5, 0.6) is 5.06 Å². The summed E-state index contributed by atoms with van der Waals surface area (Å²) in [6.07, 6.45) is -1.01. The Kier molecular flexibility index (Phi) is 7.14. The molecule has 0 radical (unpaired) electrons. The lowest BCUT2D eigenvalue weighted by molar-refractivity contribution is -0.140. The van der Waals surface area contributed by atoms with Crippen LogP contribution in [-0.2, 0) is 22.4 Å². The van der Waals surface area contributed by atoms with E-state index in [0.29, 0.717) is 6.42 Å². The molecule has 29 heavy (non-hydrogen) atoms. The number of aryl methyl sites for hydroxylation is 1. The number of ether oxygens (including phenoxy) is 1. The lowest BCUT2D eigenvalue weighted by Gasteiger charge is -2.12. The van der Waals surface area contributed by atoms with Crippen LogP contribution >= 0.6 is 11.3 Å². The number of hydrogen-bond acceptors (Lipinski definition) is 9. The predicted molar refractivity (Wildman–Crippen MR) is 103 cm³/mol. The second-order valence-corrected chi connectivity index (χ2v) is 6.82. The van der Waals surface area contributed by atoms with E-state index in [2.05, 4.69) is 15.3 Å². The molecule has 156 valence electrons. The molecule has 8 N–H and O–H groups in total. The predicted octanol–water partition coefficient (Wildman–Crippen LogP) is 0.187. The van der Waals surface area contributed by atoms with E-state index in [1.165, 1.54) is 0 Å². The minimum Gasteiger partial charge on any atom is -0.481 e. The van der Waals surface area contributed by atoms with Crippen molar-refractivity contribution in [2.45, 2.75) is 31.7 Å². The molecule has 0 fully saturated rings. The number of nitrogens with zero attached hydrogens (tertiary/aromatic N) is 1. The first-order valence-electron chi connectivity index (χ1n) is 8.30. The van der Waals surface area contributed by atoms with Crippen LogP contribution in [0.25, 0.3) is 0 Å². The van der Waals surface area contributed by atoms with Gasteiger partial charge in [0.15, 0.2) is 5.06 Å². The van der Waals surface area contributed by atoms with Gasteiger partial charge in [0, 0.05) is 6.42 Å². The van der Waals surface area contributed by atoms with Gasteiger partial charge in [-0.2, -0.15) is 4.98 Å². The second-order valence-electron chi connectivity index (χ2n) is 5.95. The summed E-state index contributed by atoms with van der Waals surface area (Å²) in [4.78, 5) is 51.5. The van der Waals surface area contributed by atoms with Gasteiger partial charge < -0.3 is 31.7 Å². The first-order valence-corrected chi connectivity index (χ1v) is 9.18. The van der Waals surface area contributed by atoms with Gasteiger partial charge in [-0.1, -0.05) is 0 Å². The van der Waals surface area contributed by atoms with Crippen LogP contribution in [0.1, 0.15) is 24.0 Å². The van der Waals surface area contributed by atoms with Crippen LogP contribution < -0.4 is 27.1 Å². The lowest BCUT2D eigenvalue weighted by atomic mass is 10.1. The van der Waals surface area contributed by atoms with E-state index < -0.39 is 36.1 Å². The molecule has 0 aromatic carbocycles. The highest BCUT2D eigenvalue weighted by molar-refractivity contribution is 7.12. The van der Waals surface area contributed by atoms with Gasteiger partial charge in [-0.05, 0) is 36.3 Å². The first kappa shape index (κ1) is 21.7. The van der Waals surface area contributed by atoms with Gasteiger partial charge >= 0.3 is 18.0 Å². The molecule has 2 heterocycles. The third-order valence-electron chi connectivity index (χ3n) is 3.79. The quantitative estimate of drug-likeness (QED) is 0.321. The van der Waals surface area contributed by atoms with Crippen molar-refractivity contribution in [2.24, 2.45) is 0 Å². The van der Waals surface area contributed by atoms with E-state index in [4.69, 9.17) is 26.4 Å². The van der Waals surface area contributed by atoms with Crippen molar-refractivity contribution in [3.63, 3.8) is 0 Å². The number of H-pyrrole nitrogens is 1. The third kappa shape index (κ3) is 6.49. The number of hydrogen-bond donors (Lipinski definition) is 6. The molecule has 0 spiro atoms. The van der Waals surface area contributed by atoms with E-state index in [-0.39, 0.29) is 35.2 Å². The zero-order chi connectivity index (χ0) is 21.6. The Labute approximate surface area is 167 Å². The van der Waals surface area contributed by atoms with E-state index in [1.807, 2.05) is 0 Å². The first-order chi connectivity index (χ1) is 13.7. The Balaban J connectivity index is 1.92. The second kappa shape index (κ2) is 9.54. The summed E-state index contributed by atoms with van der Waals surface area (Å²) >= 11 is 1.10. The van der Waals surface area contributed by atoms with E-state index >= 15 is 0 Å². The lowest BCUT2D eigenvalue weighted by Crippen LogP contribution is -2.42. The molecule has 0 saturated heterocycles. The third-order valence-corrected chi connectivity index (χ3v) is 4.64. The van der Waals surface area contributed by atoms with Gasteiger partial charge in [-0.25, -0.2) is 9.59 Å². The minimum absolute atomic E-state index is 0.0402. The van der Waals surface area contributed by atoms with Crippen LogP contribution in [0.2, 0.25) is 0 Å². The minimum atomic E-state index is -1.38. The summed E-state index contributed by atoms with van der Waals surface area (Å²) in [7, 11) is 0. The van der Waals surface area contributed by atoms with Crippen molar-refractivity contribution in [2.75, 3.05) is 11.5 Å². The molecule has 1 amide bonds. The van der Waals surface area contributed by atoms with Crippen molar-refractivity contribution in [1.29, 1.82) is 0 Å². The van der Waals surface area contributed by atoms with E-state index in [9.17, 15) is 19.2 Å². The highest BCUT2D eigenvalue weighted by atomic mass is 32.1. The van der Waals surface area contributed by atoms with Gasteiger partial charge in [0.25, 0.3) is 5.56 Å². The standard InChI is InChI=1S/C16H19N5O7S/c17-12-8(13(24)21-15(18)20-12)2-1-7-5-11(29-6-7)28-16(27)19-9(14(25)26)3-4-10(22)23/h5-6,9H,1-4H2,(H,19,27)(H,22,23)(H,25,26)(H5,17,18,20,21,24)/t9-/m0/s1. The molecule has 12 nitrogen and oxygen atoms in total. The fraction of sp³-hybridized carbons (Fsp3) is 0.312. The molecular weight excluding hydrogens is 406 g/mol. The summed E-state index contributed by atoms with van der Waals surface area (Å²) in [5, 5.41) is 21.7. The van der Waals surface area contributed by atoms with Crippen LogP contribution in [0.15, 0.2) is 16.2 Å². The number of carbonyl (C=O) groups excluding carboxylic acids is 1. The number of nitrogen functional groups attached to an aromatic ring is 2. The van der Waals surface area contributed by atoms with Gasteiger partial charge in [0.1, 0.15) is 11.9 Å². The Morgan fingerprint density at radius 2 is 2.00 bits per heavy atom. The maximum atomic E-state index is 11.9. The molecule has 0 aliphatic carbocycles. The molecule has 13 heteroatoms. The zero-order valence-corrected chi connectivity index (χ0v) is 15.8. The number of aliphatic carboxylic acids is 2. The summed E-state index contributed by atoms with van der Waals surface area (Å²) in [5.41, 5.74) is 11.7. The molecule has 0 saturated carbocycles. The number of aromatic amines is 1. The average molecular weight is 425 g/mol. The Morgan fingerprint density at radius 1 is 1.28 bits per heavy atom. The maximum Gasteiger partial charge on any atom is 0.414 e. The van der Waals surface area contributed by atoms with Gasteiger partial charge in [-0.15, -0.1) is 11.3 Å². The SMILES string of the molecule is Nc1nc(N)c(CCc2csc(OC(=O)N[C@@H](CCC(=O)O)C(=O)O)c2)c(=O)[nH]1. The van der Waals surface area contributed by atoms with Crippen molar-refractivity contribution in [1.82, 2.24) is 15.3 Å². The maximum absolute atomic E-state index is 11.9. The molecule has 0 aliphatic rings. The monoisotopic (exact) mass is 425 g/mol. The number of nitrogens with two attached hydrogens (primary N) is 2. The number of aromatic nitrogens is 2. The molecule has 2 aromatic rings. The summed E-state index contributed by atoms with van der Waals surface area (Å²) in [6.45, 7) is 0. The zero-order valence-electron chi connectivity index (χ0n) is 15.0. The number of anilines is 2. The number of thiophene rings is 1. The van der Waals surface area contributed by atoms with E-state index in [1.54, 1.807) is 11.4 Å². The van der Waals surface area contributed by atoms with Crippen LogP contribution in [0.4, 0.5) is 16.6 Å². The smallest absolute Gasteiger partial charge is 0.414 e. The van der Waals surface area contributed by atoms with Gasteiger partial charge in [0.2, 0.25) is 5.95 Å². The molecule has 0 bridgehead atoms. The highest BCUT2D eigenvalue weighted by Gasteiger charge is 2.22. The van der Waals surface area contributed by atoms with Crippen LogP contribution in [-0.4, -0.2) is 44.3 Å². The number of rotatable bonds is 9. The largest absolute Gasteiger partial charge is 0.481 e. The Hall–Kier alpha value is -3.61. The van der Waals surface area contributed by atoms with Crippen LogP contribution in [0, 0.1) is 0 Å². The molecular formula is C16H19N5O7S. The Bertz CT molecular complexity index is 971. The average Bonchev–Trinajstić information content (AvgIpc) is 3.04. The highest BCUT2D eigenvalue weighted by Crippen LogP contribution is 2.24. The number of carbonyl (C=O) groups is 3. The van der Waals surface area contributed by atoms with Crippen LogP contribution in [0.3, 0.4) is 0 Å². The normalized spacial score (nSPS) is 11.6. The number of carboxylic acids is 2. The number of amides is 1. The molecule has 0 unspecified atom stereocenters. The van der Waals surface area contributed by atoms with Crippen molar-refractivity contribution in [3.8, 4) is 5.06 Å². The molecule has 1 atom stereocenters. The molecule has 2 rings (SSSR count). The number of nitrogens with one attached hydrogen (secondary N) is 2. The van der Waals surface area contributed by atoms with E-state index in [0.717, 1.165) is 16.9 Å². The summed E-state index contributed by atoms with van der Waals surface area (Å²) in [6, 6.07) is 0.178. The molecule has 0 aliphatic heterocycles. The van der Waals surface area contributed by atoms with Crippen molar-refractivity contribution < 1.29 is 29.3 Å². The van der Waals surface area contributed by atoms with Gasteiger partial charge in [0.05, 0.1) is 5.56 Å². The van der Waals surface area contributed by atoms with Crippen molar-refractivity contribution in [3.05, 3.63) is 32.9 Å².